The number of hydrogen-bond donors (Lipinski definition) is 2. The Bertz CT molecular complexity index is 306. The van der Waals surface area contributed by atoms with Crippen LogP contribution in [0.5, 0.6) is 5.75 Å². The van der Waals surface area contributed by atoms with Crippen molar-refractivity contribution in [2.24, 2.45) is 5.73 Å². The molecule has 1 aromatic rings. The third-order valence-electron chi connectivity index (χ3n) is 2.21. The fourth-order valence-corrected chi connectivity index (χ4v) is 1.24. The zero-order valence-corrected chi connectivity index (χ0v) is 8.69. The Labute approximate surface area is 88.7 Å². The zero-order valence-electron chi connectivity index (χ0n) is 8.69. The first-order chi connectivity index (χ1) is 7.17. The Balaban J connectivity index is 2.66. The van der Waals surface area contributed by atoms with Crippen LogP contribution in [0.1, 0.15) is 13.3 Å². The normalized spacial score (nSPS) is 14.7. The summed E-state index contributed by atoms with van der Waals surface area (Å²) in [6.45, 7) is 1.73. The van der Waals surface area contributed by atoms with Gasteiger partial charge in [0.25, 0.3) is 0 Å². The first kappa shape index (κ1) is 11.9. The highest BCUT2D eigenvalue weighted by Gasteiger charge is 2.16. The Kier molecular flexibility index (Phi) is 4.52. The van der Waals surface area contributed by atoms with Crippen LogP contribution in [0.3, 0.4) is 0 Å². The molecule has 0 saturated carbocycles. The van der Waals surface area contributed by atoms with Crippen molar-refractivity contribution >= 4 is 0 Å². The molecule has 0 aliphatic heterocycles. The lowest BCUT2D eigenvalue weighted by atomic mass is 10.1. The van der Waals surface area contributed by atoms with Crippen molar-refractivity contribution < 1.29 is 14.2 Å². The molecule has 15 heavy (non-hydrogen) atoms. The summed E-state index contributed by atoms with van der Waals surface area (Å²) in [6, 6.07) is 5.54. The van der Waals surface area contributed by atoms with Crippen LogP contribution in [-0.4, -0.2) is 23.9 Å². The largest absolute Gasteiger partial charge is 0.486 e. The van der Waals surface area contributed by atoms with Gasteiger partial charge in [-0.2, -0.15) is 0 Å². The number of ether oxygens (including phenoxy) is 1. The van der Waals surface area contributed by atoms with Gasteiger partial charge in [-0.05, 0) is 18.6 Å². The number of halogens is 1. The number of rotatable bonds is 5. The second kappa shape index (κ2) is 5.68. The molecule has 4 heteroatoms. The molecule has 2 atom stereocenters. The molecule has 0 radical (unpaired) electrons. The predicted octanol–water partition coefficient (Wildman–Crippen LogP) is 1.30. The van der Waals surface area contributed by atoms with Crippen LogP contribution >= 0.6 is 0 Å². The van der Waals surface area contributed by atoms with Crippen LogP contribution in [0.15, 0.2) is 24.3 Å². The van der Waals surface area contributed by atoms with Gasteiger partial charge in [0, 0.05) is 12.1 Å². The van der Waals surface area contributed by atoms with Crippen molar-refractivity contribution in [1.82, 2.24) is 0 Å². The molecule has 1 rings (SSSR count). The fourth-order valence-electron chi connectivity index (χ4n) is 1.24. The lowest BCUT2D eigenvalue weighted by molar-refractivity contribution is 0.0930. The van der Waals surface area contributed by atoms with E-state index in [0.29, 0.717) is 12.2 Å². The lowest BCUT2D eigenvalue weighted by Crippen LogP contribution is -2.41. The predicted molar refractivity (Wildman–Crippen MR) is 56.2 cm³/mol. The molecule has 0 fully saturated rings. The Morgan fingerprint density at radius 3 is 2.80 bits per heavy atom. The van der Waals surface area contributed by atoms with Gasteiger partial charge in [-0.3, -0.25) is 0 Å². The topological polar surface area (TPSA) is 55.5 Å². The molecule has 0 saturated heterocycles. The van der Waals surface area contributed by atoms with Gasteiger partial charge in [0.05, 0.1) is 6.61 Å². The molecule has 0 amide bonds. The quantitative estimate of drug-likeness (QED) is 0.775. The molecule has 0 heterocycles. The number of aliphatic hydroxyl groups is 1. The van der Waals surface area contributed by atoms with Crippen LogP contribution in [-0.2, 0) is 0 Å². The monoisotopic (exact) mass is 213 g/mol. The molecule has 3 N–H and O–H groups in total. The van der Waals surface area contributed by atoms with Gasteiger partial charge in [0.15, 0.2) is 0 Å². The average Bonchev–Trinajstić information content (AvgIpc) is 2.25. The minimum atomic E-state index is -0.489. The highest BCUT2D eigenvalue weighted by atomic mass is 19.1. The summed E-state index contributed by atoms with van der Waals surface area (Å²) in [5, 5.41) is 9.06. The lowest BCUT2D eigenvalue weighted by Gasteiger charge is -2.22. The van der Waals surface area contributed by atoms with E-state index in [1.807, 2.05) is 6.92 Å². The van der Waals surface area contributed by atoms with Gasteiger partial charge in [0.1, 0.15) is 17.7 Å². The second-order valence-corrected chi connectivity index (χ2v) is 3.37. The Morgan fingerprint density at radius 2 is 2.27 bits per heavy atom. The minimum absolute atomic E-state index is 0.175. The summed E-state index contributed by atoms with van der Waals surface area (Å²) in [7, 11) is 0. The van der Waals surface area contributed by atoms with Gasteiger partial charge >= 0.3 is 0 Å². The molecular formula is C11H16FNO2. The van der Waals surface area contributed by atoms with Crippen molar-refractivity contribution in [3.8, 4) is 5.75 Å². The third kappa shape index (κ3) is 3.49. The van der Waals surface area contributed by atoms with Crippen LogP contribution in [0, 0.1) is 5.82 Å². The van der Waals surface area contributed by atoms with Gasteiger partial charge in [-0.1, -0.05) is 13.0 Å². The van der Waals surface area contributed by atoms with Crippen molar-refractivity contribution in [2.45, 2.75) is 25.5 Å². The maximum atomic E-state index is 12.8. The summed E-state index contributed by atoms with van der Waals surface area (Å²) in [4.78, 5) is 0. The van der Waals surface area contributed by atoms with E-state index in [1.165, 1.54) is 12.1 Å². The van der Waals surface area contributed by atoms with Gasteiger partial charge in [-0.25, -0.2) is 4.39 Å². The van der Waals surface area contributed by atoms with Crippen LogP contribution in [0.25, 0.3) is 0 Å². The molecule has 1 aromatic carbocycles. The molecule has 0 aromatic heterocycles. The Hall–Kier alpha value is -1.13. The van der Waals surface area contributed by atoms with Crippen molar-refractivity contribution in [2.75, 3.05) is 6.61 Å². The first-order valence-electron chi connectivity index (χ1n) is 4.96. The van der Waals surface area contributed by atoms with E-state index in [9.17, 15) is 4.39 Å². The van der Waals surface area contributed by atoms with Crippen molar-refractivity contribution in [3.05, 3.63) is 30.1 Å². The molecule has 0 spiro atoms. The van der Waals surface area contributed by atoms with E-state index >= 15 is 0 Å². The maximum absolute atomic E-state index is 12.8. The first-order valence-corrected chi connectivity index (χ1v) is 4.96. The molecule has 84 valence electrons. The van der Waals surface area contributed by atoms with E-state index in [0.717, 1.165) is 0 Å². The summed E-state index contributed by atoms with van der Waals surface area (Å²) < 4.78 is 18.2. The zero-order chi connectivity index (χ0) is 11.3. The summed E-state index contributed by atoms with van der Waals surface area (Å²) in [6.07, 6.45) is 0.206. The molecule has 2 unspecified atom stereocenters. The summed E-state index contributed by atoms with van der Waals surface area (Å²) >= 11 is 0. The van der Waals surface area contributed by atoms with E-state index in [-0.39, 0.29) is 18.5 Å². The Morgan fingerprint density at radius 1 is 1.53 bits per heavy atom. The average molecular weight is 213 g/mol. The van der Waals surface area contributed by atoms with E-state index in [1.54, 1.807) is 12.1 Å². The second-order valence-electron chi connectivity index (χ2n) is 3.37. The van der Waals surface area contributed by atoms with Gasteiger partial charge < -0.3 is 15.6 Å². The number of nitrogens with two attached hydrogens (primary N) is 1. The fraction of sp³-hybridized carbons (Fsp3) is 0.455. The molecule has 0 bridgehead atoms. The SMILES string of the molecule is CCC(N)C(CO)Oc1cccc(F)c1. The van der Waals surface area contributed by atoms with Gasteiger partial charge in [-0.15, -0.1) is 0 Å². The van der Waals surface area contributed by atoms with Crippen LogP contribution < -0.4 is 10.5 Å². The van der Waals surface area contributed by atoms with Gasteiger partial charge in [0.2, 0.25) is 0 Å². The molecule has 0 aliphatic carbocycles. The van der Waals surface area contributed by atoms with Crippen molar-refractivity contribution in [3.63, 3.8) is 0 Å². The molecule has 3 nitrogen and oxygen atoms in total. The van der Waals surface area contributed by atoms with E-state index < -0.39 is 6.10 Å². The van der Waals surface area contributed by atoms with E-state index in [2.05, 4.69) is 0 Å². The number of aliphatic hydroxyl groups excluding tert-OH is 1. The third-order valence-corrected chi connectivity index (χ3v) is 2.21. The highest BCUT2D eigenvalue weighted by Crippen LogP contribution is 2.15. The molecular weight excluding hydrogens is 197 g/mol. The molecule has 0 aliphatic rings. The maximum Gasteiger partial charge on any atom is 0.137 e. The van der Waals surface area contributed by atoms with Crippen LogP contribution in [0.2, 0.25) is 0 Å². The number of hydrogen-bond acceptors (Lipinski definition) is 3. The summed E-state index contributed by atoms with van der Waals surface area (Å²) in [5.74, 6) is 0.0206. The van der Waals surface area contributed by atoms with Crippen LogP contribution in [0.4, 0.5) is 4.39 Å². The highest BCUT2D eigenvalue weighted by molar-refractivity contribution is 5.22. The standard InChI is InChI=1S/C11H16FNO2/c1-2-10(13)11(7-14)15-9-5-3-4-8(12)6-9/h3-6,10-11,14H,2,7,13H2,1H3. The van der Waals surface area contributed by atoms with E-state index in [4.69, 9.17) is 15.6 Å². The number of benzene rings is 1. The minimum Gasteiger partial charge on any atom is -0.486 e. The summed E-state index contributed by atoms with van der Waals surface area (Å²) in [5.41, 5.74) is 5.73. The smallest absolute Gasteiger partial charge is 0.137 e. The van der Waals surface area contributed by atoms with Crippen molar-refractivity contribution in [1.29, 1.82) is 0 Å².